The van der Waals surface area contributed by atoms with Gasteiger partial charge in [0.1, 0.15) is 0 Å². The predicted octanol–water partition coefficient (Wildman–Crippen LogP) is 1.67. The number of sulfonamides is 1. The summed E-state index contributed by atoms with van der Waals surface area (Å²) in [6.07, 6.45) is 1.92. The van der Waals surface area contributed by atoms with Crippen LogP contribution in [0.3, 0.4) is 0 Å². The zero-order valence-corrected chi connectivity index (χ0v) is 12.5. The van der Waals surface area contributed by atoms with Gasteiger partial charge in [0.05, 0.1) is 24.5 Å². The maximum Gasteiger partial charge on any atom is 0.211 e. The zero-order valence-electron chi connectivity index (χ0n) is 11.7. The number of morpholine rings is 1. The normalized spacial score (nSPS) is 24.3. The van der Waals surface area contributed by atoms with Gasteiger partial charge in [-0.2, -0.15) is 4.31 Å². The summed E-state index contributed by atoms with van der Waals surface area (Å²) in [5.41, 5.74) is 0.696. The first-order valence-electron chi connectivity index (χ1n) is 6.42. The summed E-state index contributed by atoms with van der Waals surface area (Å²) in [4.78, 5) is 0. The molecule has 1 unspecified atom stereocenters. The second-order valence-electron chi connectivity index (χ2n) is 5.73. The maximum atomic E-state index is 11.9. The summed E-state index contributed by atoms with van der Waals surface area (Å²) in [5.74, 6) is 0. The first-order chi connectivity index (χ1) is 8.79. The highest BCUT2D eigenvalue weighted by atomic mass is 32.2. The molecule has 19 heavy (non-hydrogen) atoms. The fourth-order valence-corrected chi connectivity index (χ4v) is 3.85. The lowest BCUT2D eigenvalue weighted by atomic mass is 10.0. The third-order valence-electron chi connectivity index (χ3n) is 3.42. The van der Waals surface area contributed by atoms with Gasteiger partial charge in [0.25, 0.3) is 0 Å². The van der Waals surface area contributed by atoms with Crippen molar-refractivity contribution in [2.24, 2.45) is 0 Å². The van der Waals surface area contributed by atoms with E-state index in [2.05, 4.69) is 0 Å². The Morgan fingerprint density at radius 2 is 1.95 bits per heavy atom. The molecule has 4 nitrogen and oxygen atoms in total. The number of hydrogen-bond acceptors (Lipinski definition) is 3. The molecular weight excluding hydrogens is 262 g/mol. The highest BCUT2D eigenvalue weighted by Gasteiger charge is 2.40. The Balaban J connectivity index is 2.11. The van der Waals surface area contributed by atoms with Crippen molar-refractivity contribution in [3.63, 3.8) is 0 Å². The van der Waals surface area contributed by atoms with Crippen molar-refractivity contribution in [1.29, 1.82) is 0 Å². The van der Waals surface area contributed by atoms with Crippen LogP contribution in [-0.4, -0.2) is 43.8 Å². The molecule has 1 aromatic rings. The first-order valence-corrected chi connectivity index (χ1v) is 8.27. The maximum absolute atomic E-state index is 11.9. The fourth-order valence-electron chi connectivity index (χ4n) is 2.46. The standard InChI is InChI=1S/C14H21NO3S/c1-14(2)11-18-13(10-15(14)19(3,16)17)9-12-7-5-4-6-8-12/h4-8,13H,9-11H2,1-3H3. The van der Waals surface area contributed by atoms with Crippen molar-refractivity contribution >= 4 is 10.0 Å². The minimum Gasteiger partial charge on any atom is -0.375 e. The molecule has 0 radical (unpaired) electrons. The molecule has 0 saturated carbocycles. The van der Waals surface area contributed by atoms with E-state index in [-0.39, 0.29) is 6.10 Å². The van der Waals surface area contributed by atoms with Gasteiger partial charge in [0, 0.05) is 6.54 Å². The Labute approximate surface area is 115 Å². The average molecular weight is 283 g/mol. The van der Waals surface area contributed by atoms with Crippen molar-refractivity contribution in [3.8, 4) is 0 Å². The second kappa shape index (κ2) is 5.23. The van der Waals surface area contributed by atoms with Crippen LogP contribution < -0.4 is 0 Å². The van der Waals surface area contributed by atoms with Crippen LogP contribution in [0, 0.1) is 0 Å². The van der Waals surface area contributed by atoms with Crippen molar-refractivity contribution in [3.05, 3.63) is 35.9 Å². The quantitative estimate of drug-likeness (QED) is 0.847. The van der Waals surface area contributed by atoms with Gasteiger partial charge in [0.15, 0.2) is 0 Å². The predicted molar refractivity (Wildman–Crippen MR) is 75.5 cm³/mol. The molecule has 106 valence electrons. The third kappa shape index (κ3) is 3.55. The molecule has 1 heterocycles. The Kier molecular flexibility index (Phi) is 3.99. The molecular formula is C14H21NO3S. The number of ether oxygens (including phenoxy) is 1. The van der Waals surface area contributed by atoms with Crippen molar-refractivity contribution in [1.82, 2.24) is 4.31 Å². The van der Waals surface area contributed by atoms with Crippen LogP contribution in [-0.2, 0) is 21.2 Å². The van der Waals surface area contributed by atoms with Gasteiger partial charge < -0.3 is 4.74 Å². The van der Waals surface area contributed by atoms with Gasteiger partial charge in [-0.25, -0.2) is 8.42 Å². The van der Waals surface area contributed by atoms with Crippen LogP contribution in [0.2, 0.25) is 0 Å². The van der Waals surface area contributed by atoms with E-state index < -0.39 is 15.6 Å². The van der Waals surface area contributed by atoms with Gasteiger partial charge in [-0.15, -0.1) is 0 Å². The van der Waals surface area contributed by atoms with Gasteiger partial charge in [-0.1, -0.05) is 30.3 Å². The first kappa shape index (κ1) is 14.5. The number of nitrogens with zero attached hydrogens (tertiary/aromatic N) is 1. The monoisotopic (exact) mass is 283 g/mol. The summed E-state index contributed by atoms with van der Waals surface area (Å²) in [5, 5.41) is 0. The molecule has 0 amide bonds. The average Bonchev–Trinajstić information content (AvgIpc) is 2.31. The molecule has 1 aromatic carbocycles. The number of rotatable bonds is 3. The van der Waals surface area contributed by atoms with Crippen LogP contribution >= 0.6 is 0 Å². The van der Waals surface area contributed by atoms with E-state index in [1.807, 2.05) is 44.2 Å². The molecule has 5 heteroatoms. The van der Waals surface area contributed by atoms with E-state index in [9.17, 15) is 8.42 Å². The van der Waals surface area contributed by atoms with Crippen molar-refractivity contribution < 1.29 is 13.2 Å². The van der Waals surface area contributed by atoms with Crippen LogP contribution in [0.15, 0.2) is 30.3 Å². The van der Waals surface area contributed by atoms with Gasteiger partial charge in [0.2, 0.25) is 10.0 Å². The fraction of sp³-hybridized carbons (Fsp3) is 0.571. The van der Waals surface area contributed by atoms with E-state index in [1.165, 1.54) is 11.8 Å². The lowest BCUT2D eigenvalue weighted by molar-refractivity contribution is -0.0626. The molecule has 1 saturated heterocycles. The molecule has 1 aliphatic rings. The summed E-state index contributed by atoms with van der Waals surface area (Å²) in [6, 6.07) is 10.0. The van der Waals surface area contributed by atoms with E-state index in [1.54, 1.807) is 4.31 Å². The summed E-state index contributed by atoms with van der Waals surface area (Å²) in [6.45, 7) is 4.64. The molecule has 2 rings (SSSR count). The van der Waals surface area contributed by atoms with E-state index >= 15 is 0 Å². The summed E-state index contributed by atoms with van der Waals surface area (Å²) in [7, 11) is -3.21. The molecule has 0 aromatic heterocycles. The molecule has 0 N–H and O–H groups in total. The second-order valence-corrected chi connectivity index (χ2v) is 7.64. The van der Waals surface area contributed by atoms with Gasteiger partial charge >= 0.3 is 0 Å². The van der Waals surface area contributed by atoms with Gasteiger partial charge in [-0.3, -0.25) is 0 Å². The van der Waals surface area contributed by atoms with Crippen LogP contribution in [0.1, 0.15) is 19.4 Å². The lowest BCUT2D eigenvalue weighted by Gasteiger charge is -2.43. The Morgan fingerprint density at radius 1 is 1.32 bits per heavy atom. The SMILES string of the molecule is CC1(C)COC(Cc2ccccc2)CN1S(C)(=O)=O. The van der Waals surface area contributed by atoms with Gasteiger partial charge in [-0.05, 0) is 25.8 Å². The third-order valence-corrected chi connectivity index (χ3v) is 4.87. The molecule has 1 atom stereocenters. The van der Waals surface area contributed by atoms with Crippen LogP contribution in [0.5, 0.6) is 0 Å². The summed E-state index contributed by atoms with van der Waals surface area (Å²) < 4.78 is 31.1. The molecule has 0 spiro atoms. The Bertz CT molecular complexity index is 525. The van der Waals surface area contributed by atoms with E-state index in [4.69, 9.17) is 4.74 Å². The molecule has 1 aliphatic heterocycles. The lowest BCUT2D eigenvalue weighted by Crippen LogP contribution is -2.58. The van der Waals surface area contributed by atoms with E-state index in [0.29, 0.717) is 13.2 Å². The zero-order chi connectivity index (χ0) is 14.1. The highest BCUT2D eigenvalue weighted by Crippen LogP contribution is 2.26. The topological polar surface area (TPSA) is 46.6 Å². The largest absolute Gasteiger partial charge is 0.375 e. The number of benzene rings is 1. The highest BCUT2D eigenvalue weighted by molar-refractivity contribution is 7.88. The minimum absolute atomic E-state index is 0.0786. The smallest absolute Gasteiger partial charge is 0.211 e. The molecule has 0 aliphatic carbocycles. The minimum atomic E-state index is -3.21. The van der Waals surface area contributed by atoms with E-state index in [0.717, 1.165) is 6.42 Å². The van der Waals surface area contributed by atoms with Crippen molar-refractivity contribution in [2.75, 3.05) is 19.4 Å². The van der Waals surface area contributed by atoms with Crippen LogP contribution in [0.4, 0.5) is 0 Å². The van der Waals surface area contributed by atoms with Crippen LogP contribution in [0.25, 0.3) is 0 Å². The molecule has 0 bridgehead atoms. The Morgan fingerprint density at radius 3 is 2.53 bits per heavy atom. The van der Waals surface area contributed by atoms with Crippen molar-refractivity contribution in [2.45, 2.75) is 31.9 Å². The summed E-state index contributed by atoms with van der Waals surface area (Å²) >= 11 is 0. The molecule has 1 fully saturated rings. The Hall–Kier alpha value is -0.910. The number of hydrogen-bond donors (Lipinski definition) is 0.